The first-order valence-electron chi connectivity index (χ1n) is 5.15. The summed E-state index contributed by atoms with van der Waals surface area (Å²) in [6, 6.07) is 0. The predicted octanol–water partition coefficient (Wildman–Crippen LogP) is 1.74. The Morgan fingerprint density at radius 2 is 2.44 bits per heavy atom. The van der Waals surface area contributed by atoms with E-state index in [1.54, 1.807) is 11.3 Å². The molecule has 2 aromatic heterocycles. The smallest absolute Gasteiger partial charge is 0.193 e. The zero-order valence-electron chi connectivity index (χ0n) is 8.86. The van der Waals surface area contributed by atoms with Gasteiger partial charge in [0.15, 0.2) is 4.96 Å². The molecule has 2 heterocycles. The van der Waals surface area contributed by atoms with Crippen LogP contribution in [0.2, 0.25) is 0 Å². The third kappa shape index (κ3) is 3.18. The number of hydrogen-bond acceptors (Lipinski definition) is 4. The molecule has 0 radical (unpaired) electrons. The highest BCUT2D eigenvalue weighted by Crippen LogP contribution is 2.10. The van der Waals surface area contributed by atoms with Gasteiger partial charge in [-0.05, 0) is 0 Å². The molecule has 0 saturated carbocycles. The van der Waals surface area contributed by atoms with Crippen LogP contribution >= 0.6 is 22.9 Å². The average Bonchev–Trinajstić information content (AvgIpc) is 2.83. The van der Waals surface area contributed by atoms with Crippen molar-refractivity contribution >= 4 is 27.9 Å². The van der Waals surface area contributed by atoms with E-state index in [0.29, 0.717) is 19.1 Å². The standard InChI is InChI=1S/C10H14ClN3OS/c11-1-4-15-5-2-12-7-9-8-14-3-6-16-10(14)13-9/h3,6,8,12H,1-2,4-5,7H2. The van der Waals surface area contributed by atoms with E-state index < -0.39 is 0 Å². The quantitative estimate of drug-likeness (QED) is 0.608. The van der Waals surface area contributed by atoms with E-state index >= 15 is 0 Å². The lowest BCUT2D eigenvalue weighted by molar-refractivity contribution is 0.151. The Balaban J connectivity index is 1.68. The molecule has 0 bridgehead atoms. The maximum Gasteiger partial charge on any atom is 0.193 e. The maximum absolute atomic E-state index is 5.49. The molecule has 0 saturated heterocycles. The highest BCUT2D eigenvalue weighted by molar-refractivity contribution is 7.15. The molecule has 0 aliphatic carbocycles. The molecule has 0 atom stereocenters. The third-order valence-corrected chi connectivity index (χ3v) is 3.02. The first-order chi connectivity index (χ1) is 7.90. The number of rotatable bonds is 7. The van der Waals surface area contributed by atoms with Crippen LogP contribution in [0.4, 0.5) is 0 Å². The summed E-state index contributed by atoms with van der Waals surface area (Å²) in [5, 5.41) is 5.30. The lowest BCUT2D eigenvalue weighted by atomic mass is 10.4. The van der Waals surface area contributed by atoms with Crippen LogP contribution in [-0.4, -0.2) is 35.0 Å². The van der Waals surface area contributed by atoms with Crippen molar-refractivity contribution < 1.29 is 4.74 Å². The molecule has 0 aromatic carbocycles. The van der Waals surface area contributed by atoms with Crippen molar-refractivity contribution in [2.45, 2.75) is 6.54 Å². The van der Waals surface area contributed by atoms with Crippen molar-refractivity contribution in [1.82, 2.24) is 14.7 Å². The molecule has 0 amide bonds. The molecule has 0 aliphatic heterocycles. The van der Waals surface area contributed by atoms with Crippen molar-refractivity contribution in [2.24, 2.45) is 0 Å². The van der Waals surface area contributed by atoms with Gasteiger partial charge in [-0.3, -0.25) is 4.40 Å². The topological polar surface area (TPSA) is 38.6 Å². The van der Waals surface area contributed by atoms with Gasteiger partial charge >= 0.3 is 0 Å². The van der Waals surface area contributed by atoms with Crippen LogP contribution in [0.3, 0.4) is 0 Å². The number of nitrogens with one attached hydrogen (secondary N) is 1. The van der Waals surface area contributed by atoms with E-state index in [0.717, 1.165) is 23.7 Å². The van der Waals surface area contributed by atoms with Gasteiger partial charge in [-0.2, -0.15) is 0 Å². The molecule has 0 unspecified atom stereocenters. The molecule has 0 aliphatic rings. The second-order valence-electron chi connectivity index (χ2n) is 3.30. The molecule has 0 spiro atoms. The fourth-order valence-corrected chi connectivity index (χ4v) is 2.21. The van der Waals surface area contributed by atoms with Gasteiger partial charge < -0.3 is 10.1 Å². The van der Waals surface area contributed by atoms with E-state index in [1.807, 2.05) is 22.2 Å². The van der Waals surface area contributed by atoms with Gasteiger partial charge in [0.25, 0.3) is 0 Å². The number of nitrogens with zero attached hydrogens (tertiary/aromatic N) is 2. The number of halogens is 1. The molecule has 4 nitrogen and oxygen atoms in total. The van der Waals surface area contributed by atoms with Gasteiger partial charge in [-0.15, -0.1) is 22.9 Å². The number of aromatic nitrogens is 2. The summed E-state index contributed by atoms with van der Waals surface area (Å²) in [7, 11) is 0. The minimum atomic E-state index is 0.553. The Hall–Kier alpha value is -0.620. The van der Waals surface area contributed by atoms with Gasteiger partial charge in [0.2, 0.25) is 0 Å². The first-order valence-corrected chi connectivity index (χ1v) is 6.57. The van der Waals surface area contributed by atoms with Crippen molar-refractivity contribution in [3.8, 4) is 0 Å². The molecule has 16 heavy (non-hydrogen) atoms. The fraction of sp³-hybridized carbons (Fsp3) is 0.500. The van der Waals surface area contributed by atoms with E-state index in [1.165, 1.54) is 0 Å². The number of alkyl halides is 1. The predicted molar refractivity (Wildman–Crippen MR) is 66.3 cm³/mol. The zero-order valence-corrected chi connectivity index (χ0v) is 10.4. The molecule has 2 aromatic rings. The minimum absolute atomic E-state index is 0.553. The number of ether oxygens (including phenoxy) is 1. The van der Waals surface area contributed by atoms with E-state index in [-0.39, 0.29) is 0 Å². The third-order valence-electron chi connectivity index (χ3n) is 2.09. The fourth-order valence-electron chi connectivity index (χ4n) is 1.38. The zero-order chi connectivity index (χ0) is 11.2. The average molecular weight is 260 g/mol. The molecule has 0 fully saturated rings. The largest absolute Gasteiger partial charge is 0.379 e. The summed E-state index contributed by atoms with van der Waals surface area (Å²) >= 11 is 7.13. The highest BCUT2D eigenvalue weighted by atomic mass is 35.5. The van der Waals surface area contributed by atoms with Crippen LogP contribution < -0.4 is 5.32 Å². The molecule has 6 heteroatoms. The Morgan fingerprint density at radius 1 is 1.50 bits per heavy atom. The van der Waals surface area contributed by atoms with Gasteiger partial charge in [0.1, 0.15) is 0 Å². The molecule has 88 valence electrons. The number of imidazole rings is 1. The molecular weight excluding hydrogens is 246 g/mol. The maximum atomic E-state index is 5.49. The summed E-state index contributed by atoms with van der Waals surface area (Å²) in [4.78, 5) is 5.50. The number of thiazole rings is 1. The summed E-state index contributed by atoms with van der Waals surface area (Å²) < 4.78 is 7.28. The van der Waals surface area contributed by atoms with Gasteiger partial charge in [-0.1, -0.05) is 0 Å². The Morgan fingerprint density at radius 3 is 3.25 bits per heavy atom. The van der Waals surface area contributed by atoms with Crippen LogP contribution in [0.1, 0.15) is 5.69 Å². The normalized spacial score (nSPS) is 11.3. The second kappa shape index (κ2) is 6.20. The summed E-state index contributed by atoms with van der Waals surface area (Å²) in [6.45, 7) is 2.90. The highest BCUT2D eigenvalue weighted by Gasteiger charge is 2.01. The lowest BCUT2D eigenvalue weighted by Gasteiger charge is -2.02. The van der Waals surface area contributed by atoms with E-state index in [9.17, 15) is 0 Å². The van der Waals surface area contributed by atoms with Gasteiger partial charge in [-0.25, -0.2) is 4.98 Å². The van der Waals surface area contributed by atoms with Crippen molar-refractivity contribution in [1.29, 1.82) is 0 Å². The van der Waals surface area contributed by atoms with Crippen molar-refractivity contribution in [2.75, 3.05) is 25.6 Å². The van der Waals surface area contributed by atoms with E-state index in [4.69, 9.17) is 16.3 Å². The van der Waals surface area contributed by atoms with E-state index in [2.05, 4.69) is 10.3 Å². The SMILES string of the molecule is ClCCOCCNCc1cn2ccsc2n1. The Labute approximate surface area is 103 Å². The minimum Gasteiger partial charge on any atom is -0.379 e. The summed E-state index contributed by atoms with van der Waals surface area (Å²) in [5.74, 6) is 0.553. The van der Waals surface area contributed by atoms with Crippen molar-refractivity contribution in [3.63, 3.8) is 0 Å². The van der Waals surface area contributed by atoms with Gasteiger partial charge in [0, 0.05) is 36.7 Å². The van der Waals surface area contributed by atoms with Crippen LogP contribution in [0.5, 0.6) is 0 Å². The first kappa shape index (κ1) is 11.9. The summed E-state index contributed by atoms with van der Waals surface area (Å²) in [5.41, 5.74) is 1.06. The van der Waals surface area contributed by atoms with Crippen molar-refractivity contribution in [3.05, 3.63) is 23.5 Å². The Bertz CT molecular complexity index is 400. The second-order valence-corrected chi connectivity index (χ2v) is 4.55. The van der Waals surface area contributed by atoms with Crippen LogP contribution in [-0.2, 0) is 11.3 Å². The van der Waals surface area contributed by atoms with Crippen LogP contribution in [0.15, 0.2) is 17.8 Å². The molecule has 2 rings (SSSR count). The number of hydrogen-bond donors (Lipinski definition) is 1. The lowest BCUT2D eigenvalue weighted by Crippen LogP contribution is -2.19. The molecular formula is C10H14ClN3OS. The number of fused-ring (bicyclic) bond motifs is 1. The molecule has 1 N–H and O–H groups in total. The van der Waals surface area contributed by atoms with Crippen LogP contribution in [0, 0.1) is 0 Å². The summed E-state index contributed by atoms with van der Waals surface area (Å²) in [6.07, 6.45) is 4.05. The Kier molecular flexibility index (Phi) is 4.59. The monoisotopic (exact) mass is 259 g/mol. The van der Waals surface area contributed by atoms with Crippen LogP contribution in [0.25, 0.3) is 4.96 Å². The van der Waals surface area contributed by atoms with Gasteiger partial charge in [0.05, 0.1) is 18.9 Å².